The molecule has 0 aromatic heterocycles. The van der Waals surface area contributed by atoms with E-state index in [4.69, 9.17) is 4.74 Å². The first-order valence-corrected chi connectivity index (χ1v) is 10.6. The van der Waals surface area contributed by atoms with Crippen LogP contribution in [0.25, 0.3) is 0 Å². The number of methoxy groups -OCH3 is 1. The quantitative estimate of drug-likeness (QED) is 0.640. The number of amides is 2. The average molecular weight is 432 g/mol. The molecular weight excluding hydrogens is 407 g/mol. The lowest BCUT2D eigenvalue weighted by Crippen LogP contribution is -2.35. The Morgan fingerprint density at radius 3 is 2.31 bits per heavy atom. The molecule has 4 rings (SSSR count). The summed E-state index contributed by atoms with van der Waals surface area (Å²) in [5.41, 5.74) is 2.41. The van der Waals surface area contributed by atoms with Crippen molar-refractivity contribution in [2.45, 2.75) is 12.5 Å². The maximum absolute atomic E-state index is 13.1. The van der Waals surface area contributed by atoms with Crippen molar-refractivity contribution in [3.63, 3.8) is 0 Å². The van der Waals surface area contributed by atoms with E-state index < -0.39 is 0 Å². The van der Waals surface area contributed by atoms with Gasteiger partial charge in [0.2, 0.25) is 5.91 Å². The molecule has 164 valence electrons. The van der Waals surface area contributed by atoms with Crippen molar-refractivity contribution >= 4 is 11.8 Å². The molecule has 1 aliphatic heterocycles. The zero-order valence-electron chi connectivity index (χ0n) is 17.8. The van der Waals surface area contributed by atoms with Crippen molar-refractivity contribution in [1.29, 1.82) is 0 Å². The number of likely N-dealkylation sites (tertiary alicyclic amines) is 1. The molecule has 1 heterocycles. The number of nitrogens with one attached hydrogen (secondary N) is 1. The minimum atomic E-state index is -0.375. The summed E-state index contributed by atoms with van der Waals surface area (Å²) in [5, 5.41) is 2.96. The second kappa shape index (κ2) is 9.64. The van der Waals surface area contributed by atoms with Gasteiger partial charge in [0, 0.05) is 31.1 Å². The minimum absolute atomic E-state index is 0.105. The summed E-state index contributed by atoms with van der Waals surface area (Å²) in [6, 6.07) is 22.8. The Hall–Kier alpha value is -3.67. The van der Waals surface area contributed by atoms with Gasteiger partial charge in [0.05, 0.1) is 13.0 Å². The average Bonchev–Trinajstić information content (AvgIpc) is 3.29. The van der Waals surface area contributed by atoms with Gasteiger partial charge in [0.1, 0.15) is 11.6 Å². The van der Waals surface area contributed by atoms with Crippen molar-refractivity contribution in [2.24, 2.45) is 5.92 Å². The zero-order chi connectivity index (χ0) is 22.5. The zero-order valence-corrected chi connectivity index (χ0v) is 17.8. The third kappa shape index (κ3) is 4.80. The van der Waals surface area contributed by atoms with Gasteiger partial charge in [-0.15, -0.1) is 0 Å². The third-order valence-corrected chi connectivity index (χ3v) is 5.89. The van der Waals surface area contributed by atoms with Gasteiger partial charge in [-0.25, -0.2) is 4.39 Å². The molecule has 0 aliphatic carbocycles. The number of carbonyl (C=O) groups excluding carboxylic acids is 2. The molecule has 3 aromatic carbocycles. The Kier molecular flexibility index (Phi) is 6.50. The SMILES string of the molecule is COc1ccc(C(=O)N2CC(C(=O)NCc3ccc(F)cc3)C(c3ccccc3)C2)cc1. The second-order valence-electron chi connectivity index (χ2n) is 7.91. The summed E-state index contributed by atoms with van der Waals surface area (Å²) >= 11 is 0. The van der Waals surface area contributed by atoms with Gasteiger partial charge < -0.3 is 15.0 Å². The Balaban J connectivity index is 1.51. The van der Waals surface area contributed by atoms with E-state index in [2.05, 4.69) is 5.32 Å². The monoisotopic (exact) mass is 432 g/mol. The number of benzene rings is 3. The molecular formula is C26H25FN2O3. The van der Waals surface area contributed by atoms with Gasteiger partial charge in [-0.3, -0.25) is 9.59 Å². The summed E-state index contributed by atoms with van der Waals surface area (Å²) < 4.78 is 18.3. The molecule has 32 heavy (non-hydrogen) atoms. The van der Waals surface area contributed by atoms with E-state index >= 15 is 0 Å². The molecule has 1 aliphatic rings. The number of rotatable bonds is 6. The van der Waals surface area contributed by atoms with E-state index in [1.807, 2.05) is 30.3 Å². The van der Waals surface area contributed by atoms with Crippen LogP contribution in [0.3, 0.4) is 0 Å². The Bertz CT molecular complexity index is 1070. The molecule has 0 radical (unpaired) electrons. The highest BCUT2D eigenvalue weighted by Crippen LogP contribution is 2.34. The summed E-state index contributed by atoms with van der Waals surface area (Å²) in [4.78, 5) is 28.0. The van der Waals surface area contributed by atoms with Crippen molar-refractivity contribution < 1.29 is 18.7 Å². The summed E-state index contributed by atoms with van der Waals surface area (Å²) in [6.45, 7) is 1.10. The van der Waals surface area contributed by atoms with Crippen LogP contribution >= 0.6 is 0 Å². The van der Waals surface area contributed by atoms with Crippen LogP contribution in [-0.4, -0.2) is 36.9 Å². The van der Waals surface area contributed by atoms with Crippen LogP contribution < -0.4 is 10.1 Å². The number of hydrogen-bond acceptors (Lipinski definition) is 3. The Morgan fingerprint density at radius 1 is 0.969 bits per heavy atom. The lowest BCUT2D eigenvalue weighted by Gasteiger charge is -2.18. The van der Waals surface area contributed by atoms with Crippen LogP contribution in [0.1, 0.15) is 27.4 Å². The summed E-state index contributed by atoms with van der Waals surface area (Å²) in [6.07, 6.45) is 0. The van der Waals surface area contributed by atoms with Gasteiger partial charge in [0.25, 0.3) is 5.91 Å². The Morgan fingerprint density at radius 2 is 1.66 bits per heavy atom. The number of carbonyl (C=O) groups is 2. The molecule has 2 amide bonds. The van der Waals surface area contributed by atoms with Crippen molar-refractivity contribution in [2.75, 3.05) is 20.2 Å². The third-order valence-electron chi connectivity index (χ3n) is 5.89. The number of halogens is 1. The maximum atomic E-state index is 13.1. The number of nitrogens with zero attached hydrogens (tertiary/aromatic N) is 1. The fourth-order valence-corrected chi connectivity index (χ4v) is 4.11. The molecule has 1 fully saturated rings. The van der Waals surface area contributed by atoms with Crippen LogP contribution in [-0.2, 0) is 11.3 Å². The van der Waals surface area contributed by atoms with Gasteiger partial charge in [-0.1, -0.05) is 42.5 Å². The first-order valence-electron chi connectivity index (χ1n) is 10.6. The van der Waals surface area contributed by atoms with Crippen LogP contribution in [0, 0.1) is 11.7 Å². The van der Waals surface area contributed by atoms with Gasteiger partial charge in [-0.2, -0.15) is 0 Å². The standard InChI is InChI=1S/C26H25FN2O3/c1-32-22-13-9-20(10-14-22)26(31)29-16-23(19-5-3-2-4-6-19)24(17-29)25(30)28-15-18-7-11-21(27)12-8-18/h2-14,23-24H,15-17H2,1H3,(H,28,30). The first-order chi connectivity index (χ1) is 15.5. The minimum Gasteiger partial charge on any atom is -0.497 e. The van der Waals surface area contributed by atoms with E-state index in [-0.39, 0.29) is 29.5 Å². The number of hydrogen-bond donors (Lipinski definition) is 1. The van der Waals surface area contributed by atoms with Crippen molar-refractivity contribution in [3.05, 3.63) is 101 Å². The highest BCUT2D eigenvalue weighted by molar-refractivity contribution is 5.95. The van der Waals surface area contributed by atoms with Gasteiger partial charge in [0.15, 0.2) is 0 Å². The van der Waals surface area contributed by atoms with E-state index in [0.29, 0.717) is 30.9 Å². The predicted molar refractivity (Wildman–Crippen MR) is 120 cm³/mol. The van der Waals surface area contributed by atoms with E-state index in [1.54, 1.807) is 48.4 Å². The lowest BCUT2D eigenvalue weighted by molar-refractivity contribution is -0.125. The molecule has 3 aromatic rings. The lowest BCUT2D eigenvalue weighted by atomic mass is 9.88. The normalized spacial score (nSPS) is 17.8. The largest absolute Gasteiger partial charge is 0.497 e. The van der Waals surface area contributed by atoms with Crippen LogP contribution in [0.2, 0.25) is 0 Å². The molecule has 2 atom stereocenters. The Labute approximate surface area is 186 Å². The van der Waals surface area contributed by atoms with E-state index in [0.717, 1.165) is 11.1 Å². The van der Waals surface area contributed by atoms with Gasteiger partial charge in [-0.05, 0) is 47.5 Å². The molecule has 0 bridgehead atoms. The predicted octanol–water partition coefficient (Wildman–Crippen LogP) is 4.01. The summed E-state index contributed by atoms with van der Waals surface area (Å²) in [5.74, 6) is -0.335. The molecule has 2 unspecified atom stereocenters. The van der Waals surface area contributed by atoms with Crippen molar-refractivity contribution in [1.82, 2.24) is 10.2 Å². The van der Waals surface area contributed by atoms with E-state index in [1.165, 1.54) is 12.1 Å². The first kappa shape index (κ1) is 21.6. The molecule has 5 nitrogen and oxygen atoms in total. The fraction of sp³-hybridized carbons (Fsp3) is 0.231. The molecule has 0 spiro atoms. The number of ether oxygens (including phenoxy) is 1. The second-order valence-corrected chi connectivity index (χ2v) is 7.91. The smallest absolute Gasteiger partial charge is 0.253 e. The van der Waals surface area contributed by atoms with Crippen molar-refractivity contribution in [3.8, 4) is 5.75 Å². The molecule has 1 N–H and O–H groups in total. The van der Waals surface area contributed by atoms with E-state index in [9.17, 15) is 14.0 Å². The molecule has 0 saturated carbocycles. The highest BCUT2D eigenvalue weighted by atomic mass is 19.1. The highest BCUT2D eigenvalue weighted by Gasteiger charge is 2.40. The topological polar surface area (TPSA) is 58.6 Å². The fourth-order valence-electron chi connectivity index (χ4n) is 4.11. The molecule has 6 heteroatoms. The van der Waals surface area contributed by atoms with Gasteiger partial charge >= 0.3 is 0 Å². The van der Waals surface area contributed by atoms with Crippen LogP contribution in [0.5, 0.6) is 5.75 Å². The molecule has 1 saturated heterocycles. The summed E-state index contributed by atoms with van der Waals surface area (Å²) in [7, 11) is 1.58. The van der Waals surface area contributed by atoms with Crippen LogP contribution in [0.4, 0.5) is 4.39 Å². The van der Waals surface area contributed by atoms with Crippen LogP contribution in [0.15, 0.2) is 78.9 Å². The maximum Gasteiger partial charge on any atom is 0.253 e.